The Labute approximate surface area is 228 Å². The molecule has 0 aliphatic carbocycles. The summed E-state index contributed by atoms with van der Waals surface area (Å²) in [6.07, 6.45) is 0.421. The average Bonchev–Trinajstić information content (AvgIpc) is 3.38. The molecule has 0 radical (unpaired) electrons. The molecule has 1 amide bonds. The van der Waals surface area contributed by atoms with Crippen LogP contribution in [0.3, 0.4) is 0 Å². The molecule has 1 aromatic heterocycles. The number of halogens is 1. The van der Waals surface area contributed by atoms with Gasteiger partial charge < -0.3 is 4.98 Å². The molecule has 5 aromatic rings. The number of nitrogens with one attached hydrogen (secondary N) is 1. The van der Waals surface area contributed by atoms with Crippen LogP contribution in [0.1, 0.15) is 39.5 Å². The number of hydrazone groups is 1. The Morgan fingerprint density at radius 1 is 0.895 bits per heavy atom. The zero-order valence-corrected chi connectivity index (χ0v) is 22.3. The van der Waals surface area contributed by atoms with Crippen molar-refractivity contribution >= 4 is 38.5 Å². The summed E-state index contributed by atoms with van der Waals surface area (Å²) in [4.78, 5) is 30.6. The van der Waals surface area contributed by atoms with Gasteiger partial charge in [0.2, 0.25) is 0 Å². The lowest BCUT2D eigenvalue weighted by atomic mass is 9.91. The van der Waals surface area contributed by atoms with Gasteiger partial charge in [-0.05, 0) is 47.9 Å². The fourth-order valence-corrected chi connectivity index (χ4v) is 5.53. The average molecular weight is 562 g/mol. The van der Waals surface area contributed by atoms with Gasteiger partial charge in [0.15, 0.2) is 0 Å². The summed E-state index contributed by atoms with van der Waals surface area (Å²) >= 11 is 3.59. The molecule has 4 aromatic carbocycles. The second-order valence-corrected chi connectivity index (χ2v) is 10.3. The van der Waals surface area contributed by atoms with Gasteiger partial charge in [-0.3, -0.25) is 9.59 Å². The minimum Gasteiger partial charge on any atom is -0.321 e. The molecular formula is C32H24BrN3O2. The number of hydrogen-bond acceptors (Lipinski definition) is 3. The second kappa shape index (κ2) is 9.88. The number of aryl methyl sites for hydroxylation is 1. The van der Waals surface area contributed by atoms with E-state index in [9.17, 15) is 9.59 Å². The molecule has 0 saturated heterocycles. The highest BCUT2D eigenvalue weighted by Crippen LogP contribution is 2.38. The van der Waals surface area contributed by atoms with Crippen molar-refractivity contribution in [3.63, 3.8) is 0 Å². The molecule has 38 heavy (non-hydrogen) atoms. The van der Waals surface area contributed by atoms with Crippen LogP contribution in [0.5, 0.6) is 0 Å². The molecule has 0 saturated carbocycles. The van der Waals surface area contributed by atoms with Crippen LogP contribution in [0.15, 0.2) is 117 Å². The predicted octanol–water partition coefficient (Wildman–Crippen LogP) is 7.26. The standard InChI is InChI=1S/C32H24BrN3O2/c1-20-10-8-9-15-24(20)32(38)36-28(21-11-4-2-5-12-21)19-27(35-36)30-29(22-13-6-3-7-14-22)25-18-23(33)16-17-26(25)34-31(30)37/h2-18,28H,19H2,1H3,(H,34,37)/t28-/m1/s1. The van der Waals surface area contributed by atoms with E-state index in [0.29, 0.717) is 23.3 Å². The van der Waals surface area contributed by atoms with E-state index in [0.717, 1.165) is 37.6 Å². The number of rotatable bonds is 4. The van der Waals surface area contributed by atoms with Gasteiger partial charge in [-0.15, -0.1) is 0 Å². The van der Waals surface area contributed by atoms with Crippen molar-refractivity contribution < 1.29 is 4.79 Å². The maximum atomic E-state index is 13.9. The molecule has 0 unspecified atom stereocenters. The van der Waals surface area contributed by atoms with E-state index in [-0.39, 0.29) is 17.5 Å². The van der Waals surface area contributed by atoms with Crippen LogP contribution in [0, 0.1) is 6.92 Å². The second-order valence-electron chi connectivity index (χ2n) is 9.40. The van der Waals surface area contributed by atoms with E-state index in [1.807, 2.05) is 110 Å². The predicted molar refractivity (Wildman–Crippen MR) is 155 cm³/mol. The van der Waals surface area contributed by atoms with E-state index >= 15 is 0 Å². The molecule has 1 atom stereocenters. The lowest BCUT2D eigenvalue weighted by molar-refractivity contribution is 0.0710. The van der Waals surface area contributed by atoms with Gasteiger partial charge in [0.25, 0.3) is 11.5 Å². The van der Waals surface area contributed by atoms with E-state index < -0.39 is 0 Å². The number of amides is 1. The number of carbonyl (C=O) groups is 1. The maximum Gasteiger partial charge on any atom is 0.274 e. The summed E-state index contributed by atoms with van der Waals surface area (Å²) in [7, 11) is 0. The molecule has 186 valence electrons. The highest BCUT2D eigenvalue weighted by atomic mass is 79.9. The van der Waals surface area contributed by atoms with Gasteiger partial charge in [-0.2, -0.15) is 5.10 Å². The summed E-state index contributed by atoms with van der Waals surface area (Å²) in [6, 6.07) is 32.7. The monoisotopic (exact) mass is 561 g/mol. The first-order valence-electron chi connectivity index (χ1n) is 12.4. The van der Waals surface area contributed by atoms with E-state index in [1.165, 1.54) is 0 Å². The number of fused-ring (bicyclic) bond motifs is 1. The largest absolute Gasteiger partial charge is 0.321 e. The Morgan fingerprint density at radius 2 is 1.58 bits per heavy atom. The van der Waals surface area contributed by atoms with Gasteiger partial charge in [-0.25, -0.2) is 5.01 Å². The number of nitrogens with zero attached hydrogens (tertiary/aromatic N) is 2. The molecule has 1 aliphatic rings. The van der Waals surface area contributed by atoms with Crippen molar-refractivity contribution in [2.75, 3.05) is 0 Å². The molecule has 0 bridgehead atoms. The Kier molecular flexibility index (Phi) is 6.26. The van der Waals surface area contributed by atoms with Crippen LogP contribution in [-0.2, 0) is 0 Å². The smallest absolute Gasteiger partial charge is 0.274 e. The lowest BCUT2D eigenvalue weighted by Crippen LogP contribution is -2.27. The van der Waals surface area contributed by atoms with Crippen LogP contribution in [0.25, 0.3) is 22.0 Å². The summed E-state index contributed by atoms with van der Waals surface area (Å²) in [6.45, 7) is 1.92. The number of carbonyl (C=O) groups excluding carboxylic acids is 1. The van der Waals surface area contributed by atoms with E-state index in [1.54, 1.807) is 5.01 Å². The van der Waals surface area contributed by atoms with Gasteiger partial charge in [0.05, 0.1) is 17.3 Å². The number of aromatic nitrogens is 1. The topological polar surface area (TPSA) is 65.5 Å². The lowest BCUT2D eigenvalue weighted by Gasteiger charge is -2.22. The van der Waals surface area contributed by atoms with Gasteiger partial charge in [-0.1, -0.05) is 94.8 Å². The fourth-order valence-electron chi connectivity index (χ4n) is 5.17. The first-order valence-corrected chi connectivity index (χ1v) is 13.2. The Hall–Kier alpha value is -4.29. The van der Waals surface area contributed by atoms with Gasteiger partial charge >= 0.3 is 0 Å². The quantitative estimate of drug-likeness (QED) is 0.251. The molecular weight excluding hydrogens is 538 g/mol. The molecule has 1 N–H and O–H groups in total. The Bertz CT molecular complexity index is 1760. The third-order valence-electron chi connectivity index (χ3n) is 7.01. The van der Waals surface area contributed by atoms with Gasteiger partial charge in [0.1, 0.15) is 0 Å². The normalized spacial score (nSPS) is 15.1. The number of H-pyrrole nitrogens is 1. The molecule has 0 fully saturated rings. The summed E-state index contributed by atoms with van der Waals surface area (Å²) in [5.74, 6) is -0.187. The van der Waals surface area contributed by atoms with Gasteiger partial charge in [0, 0.05) is 32.9 Å². The van der Waals surface area contributed by atoms with Crippen LogP contribution in [0.2, 0.25) is 0 Å². The summed E-state index contributed by atoms with van der Waals surface area (Å²) < 4.78 is 0.909. The van der Waals surface area contributed by atoms with Crippen LogP contribution in [0.4, 0.5) is 0 Å². The minimum atomic E-state index is -0.334. The highest BCUT2D eigenvalue weighted by molar-refractivity contribution is 9.10. The molecule has 0 spiro atoms. The molecule has 1 aliphatic heterocycles. The summed E-state index contributed by atoms with van der Waals surface area (Å²) in [5, 5.41) is 7.33. The molecule has 6 heteroatoms. The van der Waals surface area contributed by atoms with Crippen molar-refractivity contribution in [3.05, 3.63) is 140 Å². The van der Waals surface area contributed by atoms with E-state index in [2.05, 4.69) is 20.9 Å². The minimum absolute atomic E-state index is 0.187. The van der Waals surface area contributed by atoms with Crippen molar-refractivity contribution in [3.8, 4) is 11.1 Å². The highest BCUT2D eigenvalue weighted by Gasteiger charge is 2.36. The molecule has 5 nitrogen and oxygen atoms in total. The van der Waals surface area contributed by atoms with Crippen LogP contribution < -0.4 is 5.56 Å². The molecule has 2 heterocycles. The van der Waals surface area contributed by atoms with Crippen molar-refractivity contribution in [1.82, 2.24) is 9.99 Å². The number of benzene rings is 4. The zero-order chi connectivity index (χ0) is 26.2. The first-order chi connectivity index (χ1) is 18.5. The zero-order valence-electron chi connectivity index (χ0n) is 20.7. The molecule has 6 rings (SSSR count). The third-order valence-corrected chi connectivity index (χ3v) is 7.50. The third kappa shape index (κ3) is 4.27. The van der Waals surface area contributed by atoms with Crippen LogP contribution in [-0.4, -0.2) is 21.6 Å². The SMILES string of the molecule is Cc1ccccc1C(=O)N1N=C(c2c(-c3ccccc3)c3cc(Br)ccc3[nH]c2=O)C[C@@H]1c1ccccc1. The van der Waals surface area contributed by atoms with Crippen molar-refractivity contribution in [1.29, 1.82) is 0 Å². The number of hydrogen-bond donors (Lipinski definition) is 1. The fraction of sp³-hybridized carbons (Fsp3) is 0.0938. The maximum absolute atomic E-state index is 13.9. The van der Waals surface area contributed by atoms with Crippen molar-refractivity contribution in [2.45, 2.75) is 19.4 Å². The Balaban J connectivity index is 1.58. The number of pyridine rings is 1. The summed E-state index contributed by atoms with van der Waals surface area (Å²) in [5.41, 5.74) is 5.76. The first kappa shape index (κ1) is 24.1. The Morgan fingerprint density at radius 3 is 2.32 bits per heavy atom. The van der Waals surface area contributed by atoms with Crippen LogP contribution >= 0.6 is 15.9 Å². The van der Waals surface area contributed by atoms with E-state index in [4.69, 9.17) is 5.10 Å². The number of aromatic amines is 1. The van der Waals surface area contributed by atoms with Crippen molar-refractivity contribution in [2.24, 2.45) is 5.10 Å².